The van der Waals surface area contributed by atoms with Gasteiger partial charge in [0.15, 0.2) is 0 Å². The number of hydrogen-bond donors (Lipinski definition) is 2. The number of piperazine rings is 1. The highest BCUT2D eigenvalue weighted by molar-refractivity contribution is 5.85. The van der Waals surface area contributed by atoms with Crippen LogP contribution < -0.4 is 10.6 Å². The van der Waals surface area contributed by atoms with Crippen LogP contribution in [0.15, 0.2) is 24.3 Å². The topological polar surface area (TPSA) is 39.8 Å². The van der Waals surface area contributed by atoms with Gasteiger partial charge in [0.25, 0.3) is 0 Å². The molecule has 0 spiro atoms. The van der Waals surface area contributed by atoms with Crippen LogP contribution in [0.4, 0.5) is 0 Å². The van der Waals surface area contributed by atoms with Crippen molar-refractivity contribution in [3.8, 4) is 0 Å². The van der Waals surface area contributed by atoms with Gasteiger partial charge in [0.2, 0.25) is 0 Å². The molecule has 3 aliphatic rings. The molecule has 2 saturated heterocycles. The van der Waals surface area contributed by atoms with Crippen molar-refractivity contribution in [3.63, 3.8) is 0 Å². The van der Waals surface area contributed by atoms with Crippen molar-refractivity contribution in [2.75, 3.05) is 52.5 Å². The summed E-state index contributed by atoms with van der Waals surface area (Å²) in [5.74, 6) is 0.710. The Labute approximate surface area is 183 Å². The highest BCUT2D eigenvalue weighted by Gasteiger charge is 2.34. The van der Waals surface area contributed by atoms with E-state index < -0.39 is 0 Å². The van der Waals surface area contributed by atoms with Gasteiger partial charge in [-0.15, -0.1) is 12.4 Å². The summed E-state index contributed by atoms with van der Waals surface area (Å²) in [5.41, 5.74) is 2.84. The number of hydrogen-bond acceptors (Lipinski definition) is 5. The first-order valence-electron chi connectivity index (χ1n) is 11.4. The monoisotopic (exact) mass is 422 g/mol. The van der Waals surface area contributed by atoms with Crippen LogP contribution in [0.1, 0.15) is 37.3 Å². The molecule has 29 heavy (non-hydrogen) atoms. The minimum Gasteiger partial charge on any atom is -0.379 e. The fraction of sp³-hybridized carbons (Fsp3) is 0.739. The van der Waals surface area contributed by atoms with Gasteiger partial charge >= 0.3 is 0 Å². The number of morpholine rings is 1. The van der Waals surface area contributed by atoms with Crippen molar-refractivity contribution in [2.45, 2.75) is 51.4 Å². The highest BCUT2D eigenvalue weighted by Crippen LogP contribution is 2.29. The lowest BCUT2D eigenvalue weighted by molar-refractivity contribution is 0.0524. The van der Waals surface area contributed by atoms with Crippen LogP contribution in [0.3, 0.4) is 0 Å². The number of nitrogens with one attached hydrogen (secondary N) is 2. The molecule has 2 heterocycles. The lowest BCUT2D eigenvalue weighted by atomic mass is 9.94. The third-order valence-electron chi connectivity index (χ3n) is 6.95. The average molecular weight is 423 g/mol. The second-order valence-electron chi connectivity index (χ2n) is 8.74. The lowest BCUT2D eigenvalue weighted by Crippen LogP contribution is -2.50. The van der Waals surface area contributed by atoms with Crippen LogP contribution in [0, 0.1) is 5.92 Å². The first kappa shape index (κ1) is 23.0. The van der Waals surface area contributed by atoms with Gasteiger partial charge < -0.3 is 20.3 Å². The van der Waals surface area contributed by atoms with E-state index in [0.717, 1.165) is 32.8 Å². The maximum atomic E-state index is 5.70. The molecule has 1 saturated carbocycles. The molecule has 0 aromatic heterocycles. The number of rotatable bonds is 7. The molecule has 2 aliphatic heterocycles. The largest absolute Gasteiger partial charge is 0.379 e. The van der Waals surface area contributed by atoms with Gasteiger partial charge in [0.1, 0.15) is 0 Å². The Morgan fingerprint density at radius 2 is 1.76 bits per heavy atom. The van der Waals surface area contributed by atoms with Crippen molar-refractivity contribution in [2.24, 2.45) is 5.92 Å². The minimum atomic E-state index is 0. The summed E-state index contributed by atoms with van der Waals surface area (Å²) < 4.78 is 5.70. The van der Waals surface area contributed by atoms with Gasteiger partial charge in [-0.3, -0.25) is 4.90 Å². The molecular weight excluding hydrogens is 384 g/mol. The number of halogens is 1. The summed E-state index contributed by atoms with van der Waals surface area (Å²) in [6.45, 7) is 13.1. The predicted molar refractivity (Wildman–Crippen MR) is 122 cm³/mol. The number of likely N-dealkylation sites (N-methyl/N-ethyl adjacent to an activating group) is 1. The standard InChI is InChI=1S/C23H38N4O.ClH/c1-2-26-11-13-27(14-12-26)17-20-8-6-19(7-9-20)16-25-22-5-3-4-21(22)23-18-28-15-10-24-23;/h6-9,21-25H,2-5,10-18H2,1H3;1H. The van der Waals surface area contributed by atoms with Gasteiger partial charge in [-0.05, 0) is 36.4 Å². The van der Waals surface area contributed by atoms with E-state index in [9.17, 15) is 0 Å². The molecule has 0 bridgehead atoms. The maximum absolute atomic E-state index is 5.70. The van der Waals surface area contributed by atoms with Crippen LogP contribution in [-0.4, -0.2) is 74.4 Å². The Morgan fingerprint density at radius 1 is 1.03 bits per heavy atom. The fourth-order valence-corrected chi connectivity index (χ4v) is 5.12. The molecular formula is C23H39ClN4O. The zero-order chi connectivity index (χ0) is 19.2. The van der Waals surface area contributed by atoms with Crippen LogP contribution >= 0.6 is 12.4 Å². The molecule has 3 fully saturated rings. The Balaban J connectivity index is 0.00000240. The molecule has 5 nitrogen and oxygen atoms in total. The van der Waals surface area contributed by atoms with Crippen molar-refractivity contribution in [1.82, 2.24) is 20.4 Å². The quantitative estimate of drug-likeness (QED) is 0.706. The lowest BCUT2D eigenvalue weighted by Gasteiger charge is -2.34. The Hall–Kier alpha value is -0.690. The van der Waals surface area contributed by atoms with E-state index in [4.69, 9.17) is 4.74 Å². The Morgan fingerprint density at radius 3 is 2.45 bits per heavy atom. The van der Waals surface area contributed by atoms with E-state index in [1.165, 1.54) is 63.1 Å². The van der Waals surface area contributed by atoms with Crippen molar-refractivity contribution in [3.05, 3.63) is 35.4 Å². The molecule has 3 unspecified atom stereocenters. The third-order valence-corrected chi connectivity index (χ3v) is 6.95. The third kappa shape index (κ3) is 6.39. The second-order valence-corrected chi connectivity index (χ2v) is 8.74. The number of nitrogens with zero attached hydrogens (tertiary/aromatic N) is 2. The molecule has 0 amide bonds. The van der Waals surface area contributed by atoms with Gasteiger partial charge in [-0.25, -0.2) is 0 Å². The Kier molecular flexibility index (Phi) is 9.22. The second kappa shape index (κ2) is 11.6. The van der Waals surface area contributed by atoms with Crippen molar-refractivity contribution < 1.29 is 4.74 Å². The molecule has 4 rings (SSSR count). The molecule has 3 atom stereocenters. The zero-order valence-corrected chi connectivity index (χ0v) is 18.8. The summed E-state index contributed by atoms with van der Waals surface area (Å²) in [6, 6.07) is 10.4. The van der Waals surface area contributed by atoms with Crippen LogP contribution in [0.5, 0.6) is 0 Å². The average Bonchev–Trinajstić information content (AvgIpc) is 3.23. The van der Waals surface area contributed by atoms with Gasteiger partial charge in [-0.2, -0.15) is 0 Å². The van der Waals surface area contributed by atoms with E-state index in [1.807, 2.05) is 0 Å². The fourth-order valence-electron chi connectivity index (χ4n) is 5.12. The normalized spacial score (nSPS) is 28.9. The summed E-state index contributed by atoms with van der Waals surface area (Å²) in [6.07, 6.45) is 3.96. The van der Waals surface area contributed by atoms with Crippen LogP contribution in [-0.2, 0) is 17.8 Å². The molecule has 2 N–H and O–H groups in total. The Bertz CT molecular complexity index is 585. The summed E-state index contributed by atoms with van der Waals surface area (Å²) >= 11 is 0. The van der Waals surface area contributed by atoms with Gasteiger partial charge in [-0.1, -0.05) is 37.6 Å². The highest BCUT2D eigenvalue weighted by atomic mass is 35.5. The van der Waals surface area contributed by atoms with E-state index in [1.54, 1.807) is 0 Å². The van der Waals surface area contributed by atoms with Crippen LogP contribution in [0.2, 0.25) is 0 Å². The van der Waals surface area contributed by atoms with E-state index in [-0.39, 0.29) is 12.4 Å². The summed E-state index contributed by atoms with van der Waals surface area (Å²) in [7, 11) is 0. The van der Waals surface area contributed by atoms with Crippen molar-refractivity contribution in [1.29, 1.82) is 0 Å². The van der Waals surface area contributed by atoms with Crippen molar-refractivity contribution >= 4 is 12.4 Å². The molecule has 1 aliphatic carbocycles. The molecule has 1 aromatic rings. The first-order chi connectivity index (χ1) is 13.8. The maximum Gasteiger partial charge on any atom is 0.0623 e. The van der Waals surface area contributed by atoms with E-state index >= 15 is 0 Å². The number of ether oxygens (including phenoxy) is 1. The van der Waals surface area contributed by atoms with Gasteiger partial charge in [0, 0.05) is 57.9 Å². The smallest absolute Gasteiger partial charge is 0.0623 e. The molecule has 6 heteroatoms. The molecule has 1 aromatic carbocycles. The SMILES string of the molecule is CCN1CCN(Cc2ccc(CNC3CCCC3C3COCCN3)cc2)CC1.Cl. The summed E-state index contributed by atoms with van der Waals surface area (Å²) in [5, 5.41) is 7.52. The predicted octanol–water partition coefficient (Wildman–Crippen LogP) is 2.49. The van der Waals surface area contributed by atoms with E-state index in [2.05, 4.69) is 51.6 Å². The minimum absolute atomic E-state index is 0. The van der Waals surface area contributed by atoms with E-state index in [0.29, 0.717) is 18.0 Å². The number of benzene rings is 1. The molecule has 0 radical (unpaired) electrons. The zero-order valence-electron chi connectivity index (χ0n) is 17.9. The molecule has 164 valence electrons. The first-order valence-corrected chi connectivity index (χ1v) is 11.4. The summed E-state index contributed by atoms with van der Waals surface area (Å²) in [4.78, 5) is 5.12. The van der Waals surface area contributed by atoms with Crippen LogP contribution in [0.25, 0.3) is 0 Å². The van der Waals surface area contributed by atoms with Gasteiger partial charge in [0.05, 0.1) is 13.2 Å².